The van der Waals surface area contributed by atoms with Gasteiger partial charge in [0.2, 0.25) is 0 Å². The highest BCUT2D eigenvalue weighted by molar-refractivity contribution is 14.0. The molecule has 2 N–H and O–H groups in total. The monoisotopic (exact) mass is 505 g/mol. The first-order valence-electron chi connectivity index (χ1n) is 8.70. The Labute approximate surface area is 180 Å². The van der Waals surface area contributed by atoms with E-state index in [0.717, 1.165) is 24.5 Å². The molecule has 0 aliphatic rings. The van der Waals surface area contributed by atoms with Gasteiger partial charge < -0.3 is 10.6 Å². The number of benzene rings is 1. The van der Waals surface area contributed by atoms with Crippen LogP contribution in [0.1, 0.15) is 29.2 Å². The third-order valence-electron chi connectivity index (χ3n) is 3.60. The number of nitrogens with one attached hydrogen (secondary N) is 2. The van der Waals surface area contributed by atoms with Gasteiger partial charge in [-0.15, -0.1) is 35.3 Å². The highest BCUT2D eigenvalue weighted by Crippen LogP contribution is 2.17. The van der Waals surface area contributed by atoms with Crippen molar-refractivity contribution in [1.29, 1.82) is 0 Å². The molecular weight excluding hydrogens is 477 g/mol. The van der Waals surface area contributed by atoms with Gasteiger partial charge in [-0.05, 0) is 31.0 Å². The summed E-state index contributed by atoms with van der Waals surface area (Å²) in [6.45, 7) is 6.35. The van der Waals surface area contributed by atoms with Crippen molar-refractivity contribution in [2.75, 3.05) is 18.8 Å². The van der Waals surface area contributed by atoms with Gasteiger partial charge in [0.05, 0.1) is 6.54 Å². The van der Waals surface area contributed by atoms with Crippen molar-refractivity contribution in [2.24, 2.45) is 4.99 Å². The topological polar surface area (TPSA) is 53.5 Å². The molecule has 144 valence electrons. The number of guanidine groups is 1. The molecule has 0 saturated carbocycles. The minimum Gasteiger partial charge on any atom is -0.357 e. The standard InChI is InChI=1S/C19H27N3OS2.HI/c1-3-17-10-11-18(24-17)14-22-19(20-4-2)21-12-13-25(23)15-16-8-6-5-7-9-16;/h5-11H,3-4,12-15H2,1-2H3,(H2,20,21,22);1H. The minimum absolute atomic E-state index is 0. The van der Waals surface area contributed by atoms with Crippen molar-refractivity contribution in [3.63, 3.8) is 0 Å². The van der Waals surface area contributed by atoms with Crippen molar-refractivity contribution < 1.29 is 4.21 Å². The molecule has 0 amide bonds. The molecule has 0 aliphatic carbocycles. The number of aryl methyl sites for hydroxylation is 1. The fourth-order valence-corrected chi connectivity index (χ4v) is 4.23. The number of nitrogens with zero attached hydrogens (tertiary/aromatic N) is 1. The van der Waals surface area contributed by atoms with Crippen LogP contribution in [0.3, 0.4) is 0 Å². The molecule has 0 radical (unpaired) electrons. The van der Waals surface area contributed by atoms with Crippen molar-refractivity contribution in [1.82, 2.24) is 10.6 Å². The number of halogens is 1. The van der Waals surface area contributed by atoms with E-state index >= 15 is 0 Å². The quantitative estimate of drug-likeness (QED) is 0.309. The third-order valence-corrected chi connectivity index (χ3v) is 6.12. The van der Waals surface area contributed by atoms with Gasteiger partial charge in [-0.2, -0.15) is 0 Å². The second kappa shape index (κ2) is 13.3. The summed E-state index contributed by atoms with van der Waals surface area (Å²) in [6.07, 6.45) is 1.07. The van der Waals surface area contributed by atoms with Crippen LogP contribution in [0.5, 0.6) is 0 Å². The van der Waals surface area contributed by atoms with E-state index in [4.69, 9.17) is 0 Å². The van der Waals surface area contributed by atoms with Crippen LogP contribution in [0.25, 0.3) is 0 Å². The van der Waals surface area contributed by atoms with E-state index in [-0.39, 0.29) is 24.0 Å². The zero-order valence-corrected chi connectivity index (χ0v) is 19.3. The second-order valence-electron chi connectivity index (χ2n) is 5.62. The molecule has 1 unspecified atom stereocenters. The summed E-state index contributed by atoms with van der Waals surface area (Å²) in [5.74, 6) is 1.99. The Hall–Kier alpha value is -0.930. The van der Waals surface area contributed by atoms with Crippen LogP contribution in [-0.4, -0.2) is 29.0 Å². The van der Waals surface area contributed by atoms with Crippen molar-refractivity contribution in [2.45, 2.75) is 32.6 Å². The first-order chi connectivity index (χ1) is 12.2. The summed E-state index contributed by atoms with van der Waals surface area (Å²) in [4.78, 5) is 7.27. The first kappa shape index (κ1) is 23.1. The molecule has 1 atom stereocenters. The summed E-state index contributed by atoms with van der Waals surface area (Å²) < 4.78 is 12.2. The molecule has 1 aromatic carbocycles. The number of hydrogen-bond acceptors (Lipinski definition) is 3. The van der Waals surface area contributed by atoms with Gasteiger partial charge in [-0.3, -0.25) is 4.21 Å². The SMILES string of the molecule is CCNC(=NCc1ccc(CC)s1)NCCS(=O)Cc1ccccc1.I. The summed E-state index contributed by atoms with van der Waals surface area (Å²) in [7, 11) is -0.872. The lowest BCUT2D eigenvalue weighted by Gasteiger charge is -2.11. The number of rotatable bonds is 9. The number of aliphatic imine (C=N–C) groups is 1. The Balaban J connectivity index is 0.00000338. The molecule has 2 aromatic rings. The molecule has 0 fully saturated rings. The van der Waals surface area contributed by atoms with Gasteiger partial charge in [-0.1, -0.05) is 37.3 Å². The Morgan fingerprint density at radius 2 is 1.81 bits per heavy atom. The maximum absolute atomic E-state index is 12.2. The number of thiophene rings is 1. The summed E-state index contributed by atoms with van der Waals surface area (Å²) >= 11 is 1.81. The van der Waals surface area contributed by atoms with E-state index in [1.165, 1.54) is 9.75 Å². The number of hydrogen-bond donors (Lipinski definition) is 2. The molecule has 1 heterocycles. The molecule has 2 rings (SSSR count). The molecule has 7 heteroatoms. The molecule has 1 aromatic heterocycles. The molecule has 0 bridgehead atoms. The van der Waals surface area contributed by atoms with Crippen LogP contribution in [0.4, 0.5) is 0 Å². The van der Waals surface area contributed by atoms with Crippen LogP contribution in [0, 0.1) is 0 Å². The van der Waals surface area contributed by atoms with Crippen molar-refractivity contribution in [3.05, 3.63) is 57.8 Å². The van der Waals surface area contributed by atoms with Gasteiger partial charge in [0, 0.05) is 45.1 Å². The lowest BCUT2D eigenvalue weighted by atomic mass is 10.2. The largest absolute Gasteiger partial charge is 0.357 e. The van der Waals surface area contributed by atoms with Gasteiger partial charge >= 0.3 is 0 Å². The zero-order valence-electron chi connectivity index (χ0n) is 15.4. The zero-order chi connectivity index (χ0) is 17.9. The lowest BCUT2D eigenvalue weighted by molar-refractivity contribution is 0.680. The first-order valence-corrected chi connectivity index (χ1v) is 11.0. The van der Waals surface area contributed by atoms with E-state index in [1.807, 2.05) is 48.6 Å². The predicted molar refractivity (Wildman–Crippen MR) is 125 cm³/mol. The van der Waals surface area contributed by atoms with Crippen molar-refractivity contribution >= 4 is 52.1 Å². The lowest BCUT2D eigenvalue weighted by Crippen LogP contribution is -2.39. The van der Waals surface area contributed by atoms with Gasteiger partial charge in [0.25, 0.3) is 0 Å². The average Bonchev–Trinajstić information content (AvgIpc) is 3.08. The maximum atomic E-state index is 12.2. The molecule has 0 aliphatic heterocycles. The van der Waals surface area contributed by atoms with Gasteiger partial charge in [0.15, 0.2) is 5.96 Å². The highest BCUT2D eigenvalue weighted by atomic mass is 127. The fraction of sp³-hybridized carbons (Fsp3) is 0.421. The molecule has 0 spiro atoms. The van der Waals surface area contributed by atoms with Crippen LogP contribution >= 0.6 is 35.3 Å². The van der Waals surface area contributed by atoms with Crippen LogP contribution in [-0.2, 0) is 29.5 Å². The Bertz CT molecular complexity index is 689. The third kappa shape index (κ3) is 8.64. The highest BCUT2D eigenvalue weighted by Gasteiger charge is 2.04. The van der Waals surface area contributed by atoms with E-state index in [2.05, 4.69) is 34.7 Å². The van der Waals surface area contributed by atoms with Gasteiger partial charge in [-0.25, -0.2) is 4.99 Å². The predicted octanol–water partition coefficient (Wildman–Crippen LogP) is 3.93. The summed E-state index contributed by atoms with van der Waals surface area (Å²) in [6, 6.07) is 14.3. The van der Waals surface area contributed by atoms with Crippen LogP contribution in [0.15, 0.2) is 47.5 Å². The van der Waals surface area contributed by atoms with E-state index in [0.29, 0.717) is 24.6 Å². The van der Waals surface area contributed by atoms with E-state index in [9.17, 15) is 4.21 Å². The van der Waals surface area contributed by atoms with E-state index in [1.54, 1.807) is 0 Å². The Kier molecular flexibility index (Phi) is 11.8. The molecular formula is C19H28IN3OS2. The average molecular weight is 505 g/mol. The van der Waals surface area contributed by atoms with Crippen LogP contribution < -0.4 is 10.6 Å². The minimum atomic E-state index is -0.872. The normalized spacial score (nSPS) is 12.3. The van der Waals surface area contributed by atoms with Crippen LogP contribution in [0.2, 0.25) is 0 Å². The fourth-order valence-electron chi connectivity index (χ4n) is 2.31. The van der Waals surface area contributed by atoms with E-state index < -0.39 is 10.8 Å². The molecule has 4 nitrogen and oxygen atoms in total. The maximum Gasteiger partial charge on any atom is 0.191 e. The molecule has 26 heavy (non-hydrogen) atoms. The second-order valence-corrected chi connectivity index (χ2v) is 8.45. The molecule has 0 saturated heterocycles. The Morgan fingerprint density at radius 1 is 1.08 bits per heavy atom. The summed E-state index contributed by atoms with van der Waals surface area (Å²) in [5.41, 5.74) is 1.12. The smallest absolute Gasteiger partial charge is 0.191 e. The summed E-state index contributed by atoms with van der Waals surface area (Å²) in [5, 5.41) is 6.52. The Morgan fingerprint density at radius 3 is 2.46 bits per heavy atom. The van der Waals surface area contributed by atoms with Gasteiger partial charge in [0.1, 0.15) is 0 Å². The van der Waals surface area contributed by atoms with Crippen molar-refractivity contribution in [3.8, 4) is 0 Å².